The number of aliphatic hydroxyl groups excluding tert-OH is 1. The molecule has 0 saturated carbocycles. The molecular formula is C23H30ClN5O4S. The number of methoxy groups -OCH3 is 1. The fourth-order valence-corrected chi connectivity index (χ4v) is 5.33. The van der Waals surface area contributed by atoms with E-state index in [4.69, 9.17) is 4.74 Å². The molecule has 1 aromatic heterocycles. The topological polar surface area (TPSA) is 125 Å². The molecule has 2 heterocycles. The van der Waals surface area contributed by atoms with Crippen molar-refractivity contribution < 1.29 is 18.3 Å². The Morgan fingerprint density at radius 2 is 1.76 bits per heavy atom. The first-order valence-corrected chi connectivity index (χ1v) is 12.6. The van der Waals surface area contributed by atoms with E-state index < -0.39 is 15.3 Å². The van der Waals surface area contributed by atoms with E-state index in [1.165, 1.54) is 0 Å². The van der Waals surface area contributed by atoms with E-state index in [-0.39, 0.29) is 24.8 Å². The first-order valence-electron chi connectivity index (χ1n) is 11.0. The van der Waals surface area contributed by atoms with Crippen molar-refractivity contribution in [3.8, 4) is 5.75 Å². The van der Waals surface area contributed by atoms with Gasteiger partial charge >= 0.3 is 0 Å². The second-order valence-corrected chi connectivity index (χ2v) is 9.94. The lowest BCUT2D eigenvalue weighted by molar-refractivity contribution is 0.288. The smallest absolute Gasteiger partial charge is 0.236 e. The maximum atomic E-state index is 13.1. The second kappa shape index (κ2) is 11.7. The van der Waals surface area contributed by atoms with E-state index in [0.717, 1.165) is 11.3 Å². The number of benzene rings is 2. The van der Waals surface area contributed by atoms with E-state index in [0.29, 0.717) is 61.4 Å². The molecule has 9 nitrogen and oxygen atoms in total. The number of piperidine rings is 1. The summed E-state index contributed by atoms with van der Waals surface area (Å²) in [6.45, 7) is 1.40. The lowest BCUT2D eigenvalue weighted by Crippen LogP contribution is -2.38. The van der Waals surface area contributed by atoms with Crippen LogP contribution in [-0.4, -0.2) is 55.5 Å². The lowest BCUT2D eigenvalue weighted by atomic mass is 10.1. The van der Waals surface area contributed by atoms with Crippen LogP contribution in [0, 0.1) is 0 Å². The van der Waals surface area contributed by atoms with Gasteiger partial charge in [0.15, 0.2) is 11.6 Å². The first-order chi connectivity index (χ1) is 16.0. The fourth-order valence-electron chi connectivity index (χ4n) is 3.90. The number of hydrogen-bond donors (Lipinski definition) is 4. The van der Waals surface area contributed by atoms with Crippen molar-refractivity contribution >= 4 is 50.8 Å². The van der Waals surface area contributed by atoms with Gasteiger partial charge in [0.2, 0.25) is 10.0 Å². The van der Waals surface area contributed by atoms with E-state index >= 15 is 0 Å². The average Bonchev–Trinajstić information content (AvgIpc) is 2.84. The largest absolute Gasteiger partial charge is 0.497 e. The number of anilines is 3. The SMILES string of the molecule is COc1ccc(CCCO)c(Nc2nc3ccccc3nc2NS(=O)(=O)C2CCNCC2)c1.Cl. The highest BCUT2D eigenvalue weighted by Gasteiger charge is 2.29. The molecule has 0 aliphatic carbocycles. The molecule has 0 unspecified atom stereocenters. The summed E-state index contributed by atoms with van der Waals surface area (Å²) in [7, 11) is -2.06. The number of sulfonamides is 1. The number of halogens is 1. The highest BCUT2D eigenvalue weighted by atomic mass is 35.5. The Morgan fingerprint density at radius 1 is 1.09 bits per heavy atom. The number of para-hydroxylation sites is 2. The van der Waals surface area contributed by atoms with Crippen LogP contribution in [0.4, 0.5) is 17.3 Å². The number of fused-ring (bicyclic) bond motifs is 1. The Labute approximate surface area is 205 Å². The number of nitrogens with one attached hydrogen (secondary N) is 3. The standard InChI is InChI=1S/C23H29N5O4S.ClH/c1-32-17-9-8-16(5-4-14-29)21(15-17)27-22-23(26-20-7-3-2-6-19(20)25-22)28-33(30,31)18-10-12-24-13-11-18;/h2-3,6-9,15,18,24,29H,4-5,10-14H2,1H3,(H,25,27)(H,26,28);1H. The molecule has 0 radical (unpaired) electrons. The van der Waals surface area contributed by atoms with Gasteiger partial charge in [0.1, 0.15) is 5.75 Å². The van der Waals surface area contributed by atoms with Gasteiger partial charge < -0.3 is 20.5 Å². The van der Waals surface area contributed by atoms with Crippen LogP contribution < -0.4 is 20.1 Å². The highest BCUT2D eigenvalue weighted by Crippen LogP contribution is 2.31. The molecule has 0 bridgehead atoms. The molecule has 184 valence electrons. The molecule has 0 amide bonds. The Bertz CT molecular complexity index is 1220. The average molecular weight is 508 g/mol. The number of aliphatic hydroxyl groups is 1. The fraction of sp³-hybridized carbons (Fsp3) is 0.391. The van der Waals surface area contributed by atoms with Gasteiger partial charge in [0.05, 0.1) is 23.4 Å². The summed E-state index contributed by atoms with van der Waals surface area (Å²) in [5.74, 6) is 1.11. The van der Waals surface area contributed by atoms with Gasteiger partial charge in [-0.1, -0.05) is 18.2 Å². The third kappa shape index (κ3) is 6.06. The highest BCUT2D eigenvalue weighted by molar-refractivity contribution is 7.93. The van der Waals surface area contributed by atoms with Crippen LogP contribution in [0.2, 0.25) is 0 Å². The predicted molar refractivity (Wildman–Crippen MR) is 137 cm³/mol. The number of nitrogens with zero attached hydrogens (tertiary/aromatic N) is 2. The summed E-state index contributed by atoms with van der Waals surface area (Å²) in [5.41, 5.74) is 2.91. The van der Waals surface area contributed by atoms with Crippen molar-refractivity contribution in [2.75, 3.05) is 36.8 Å². The minimum absolute atomic E-state index is 0. The van der Waals surface area contributed by atoms with E-state index in [2.05, 4.69) is 25.3 Å². The molecule has 34 heavy (non-hydrogen) atoms. The normalized spacial score (nSPS) is 14.4. The van der Waals surface area contributed by atoms with Gasteiger partial charge in [-0.15, -0.1) is 12.4 Å². The maximum absolute atomic E-state index is 13.1. The zero-order valence-electron chi connectivity index (χ0n) is 19.0. The molecule has 0 spiro atoms. The molecular weight excluding hydrogens is 478 g/mol. The number of ether oxygens (including phenoxy) is 1. The Hall–Kier alpha value is -2.66. The van der Waals surface area contributed by atoms with Crippen molar-refractivity contribution in [3.63, 3.8) is 0 Å². The summed E-state index contributed by atoms with van der Waals surface area (Å²) in [6, 6.07) is 12.9. The minimum atomic E-state index is -3.65. The van der Waals surface area contributed by atoms with E-state index in [1.807, 2.05) is 36.4 Å². The number of hydrogen-bond acceptors (Lipinski definition) is 8. The quantitative estimate of drug-likeness (QED) is 0.348. The second-order valence-electron chi connectivity index (χ2n) is 7.98. The van der Waals surface area contributed by atoms with E-state index in [1.54, 1.807) is 13.2 Å². The molecule has 1 aliphatic rings. The van der Waals surface area contributed by atoms with Gasteiger partial charge in [0.25, 0.3) is 0 Å². The van der Waals surface area contributed by atoms with Crippen LogP contribution in [0.3, 0.4) is 0 Å². The van der Waals surface area contributed by atoms with Gasteiger partial charge in [0, 0.05) is 18.4 Å². The number of aromatic nitrogens is 2. The molecule has 3 aromatic rings. The zero-order valence-corrected chi connectivity index (χ0v) is 20.6. The molecule has 4 N–H and O–H groups in total. The van der Waals surface area contributed by atoms with Crippen molar-refractivity contribution in [2.24, 2.45) is 0 Å². The van der Waals surface area contributed by atoms with Crippen LogP contribution in [-0.2, 0) is 16.4 Å². The van der Waals surface area contributed by atoms with E-state index in [9.17, 15) is 13.5 Å². The molecule has 1 saturated heterocycles. The Balaban J connectivity index is 0.00000324. The van der Waals surface area contributed by atoms with Crippen LogP contribution >= 0.6 is 12.4 Å². The summed E-state index contributed by atoms with van der Waals surface area (Å²) in [4.78, 5) is 9.26. The number of aryl methyl sites for hydroxylation is 1. The zero-order chi connectivity index (χ0) is 23.3. The Morgan fingerprint density at radius 3 is 2.41 bits per heavy atom. The summed E-state index contributed by atoms with van der Waals surface area (Å²) >= 11 is 0. The first kappa shape index (κ1) is 26.0. The third-order valence-electron chi connectivity index (χ3n) is 5.71. The summed E-state index contributed by atoms with van der Waals surface area (Å²) in [5, 5.41) is 15.2. The van der Waals surface area contributed by atoms with Crippen LogP contribution in [0.25, 0.3) is 11.0 Å². The van der Waals surface area contributed by atoms with Crippen molar-refractivity contribution in [3.05, 3.63) is 48.0 Å². The van der Waals surface area contributed by atoms with Gasteiger partial charge in [-0.3, -0.25) is 4.72 Å². The molecule has 1 fully saturated rings. The lowest BCUT2D eigenvalue weighted by Gasteiger charge is -2.24. The Kier molecular flexibility index (Phi) is 8.90. The van der Waals surface area contributed by atoms with Crippen molar-refractivity contribution in [1.82, 2.24) is 15.3 Å². The molecule has 1 aliphatic heterocycles. The molecule has 11 heteroatoms. The van der Waals surface area contributed by atoms with Crippen molar-refractivity contribution in [2.45, 2.75) is 30.9 Å². The maximum Gasteiger partial charge on any atom is 0.236 e. The minimum Gasteiger partial charge on any atom is -0.497 e. The van der Waals surface area contributed by atoms with Crippen LogP contribution in [0.15, 0.2) is 42.5 Å². The summed E-state index contributed by atoms with van der Waals surface area (Å²) < 4.78 is 34.3. The number of rotatable bonds is 9. The molecule has 2 aromatic carbocycles. The monoisotopic (exact) mass is 507 g/mol. The van der Waals surface area contributed by atoms with Gasteiger partial charge in [-0.05, 0) is 62.5 Å². The molecule has 4 rings (SSSR count). The van der Waals surface area contributed by atoms with Crippen LogP contribution in [0.5, 0.6) is 5.75 Å². The predicted octanol–water partition coefficient (Wildman–Crippen LogP) is 3.22. The summed E-state index contributed by atoms with van der Waals surface area (Å²) in [6.07, 6.45) is 2.32. The third-order valence-corrected chi connectivity index (χ3v) is 7.54. The van der Waals surface area contributed by atoms with Gasteiger partial charge in [-0.2, -0.15) is 0 Å². The molecule has 0 atom stereocenters. The van der Waals surface area contributed by atoms with Crippen molar-refractivity contribution in [1.29, 1.82) is 0 Å². The van der Waals surface area contributed by atoms with Crippen LogP contribution in [0.1, 0.15) is 24.8 Å². The van der Waals surface area contributed by atoms with Gasteiger partial charge in [-0.25, -0.2) is 18.4 Å².